The van der Waals surface area contributed by atoms with Gasteiger partial charge in [-0.05, 0) is 18.2 Å². The Morgan fingerprint density at radius 2 is 2.15 bits per heavy atom. The van der Waals surface area contributed by atoms with Gasteiger partial charge in [0.2, 0.25) is 0 Å². The zero-order valence-electron chi connectivity index (χ0n) is 10.0. The van der Waals surface area contributed by atoms with E-state index in [1.165, 1.54) is 35.3 Å². The number of hydrogen-bond donors (Lipinski definition) is 1. The molecule has 7 heteroatoms. The molecule has 2 rings (SSSR count). The van der Waals surface area contributed by atoms with E-state index in [1.54, 1.807) is 18.3 Å². The summed E-state index contributed by atoms with van der Waals surface area (Å²) in [4.78, 5) is 0. The molecule has 0 atom stereocenters. The molecule has 1 aromatic heterocycles. The third-order valence-electron chi connectivity index (χ3n) is 2.37. The largest absolute Gasteiger partial charge is 0.358 e. The summed E-state index contributed by atoms with van der Waals surface area (Å²) in [5, 5.41) is 24.5. The maximum atomic E-state index is 13.3. The molecule has 0 aliphatic rings. The van der Waals surface area contributed by atoms with Gasteiger partial charge >= 0.3 is 0 Å². The van der Waals surface area contributed by atoms with E-state index >= 15 is 0 Å². The Morgan fingerprint density at radius 1 is 1.40 bits per heavy atom. The van der Waals surface area contributed by atoms with Gasteiger partial charge in [0.1, 0.15) is 23.5 Å². The summed E-state index contributed by atoms with van der Waals surface area (Å²) < 4.78 is 14.8. The van der Waals surface area contributed by atoms with Gasteiger partial charge in [-0.1, -0.05) is 11.6 Å². The van der Waals surface area contributed by atoms with E-state index in [4.69, 9.17) is 22.1 Å². The number of hydrogen-bond acceptors (Lipinski definition) is 4. The van der Waals surface area contributed by atoms with Crippen LogP contribution in [0, 0.1) is 28.5 Å². The van der Waals surface area contributed by atoms with Gasteiger partial charge in [0.05, 0.1) is 22.6 Å². The second-order valence-electron chi connectivity index (χ2n) is 3.69. The lowest BCUT2D eigenvalue weighted by atomic mass is 10.2. The van der Waals surface area contributed by atoms with Crippen LogP contribution in [-0.4, -0.2) is 9.78 Å². The highest BCUT2D eigenvalue weighted by atomic mass is 35.5. The summed E-state index contributed by atoms with van der Waals surface area (Å²) in [5.41, 5.74) is 0.760. The first-order chi connectivity index (χ1) is 9.63. The van der Waals surface area contributed by atoms with Gasteiger partial charge in [-0.3, -0.25) is 0 Å². The second-order valence-corrected chi connectivity index (χ2v) is 4.13. The van der Waals surface area contributed by atoms with E-state index in [0.717, 1.165) is 0 Å². The second kappa shape index (κ2) is 5.87. The Hall–Kier alpha value is -2.83. The van der Waals surface area contributed by atoms with Crippen LogP contribution >= 0.6 is 11.6 Å². The van der Waals surface area contributed by atoms with Crippen LogP contribution in [0.15, 0.2) is 42.4 Å². The Morgan fingerprint density at radius 3 is 2.75 bits per heavy atom. The first-order valence-corrected chi connectivity index (χ1v) is 5.79. The van der Waals surface area contributed by atoms with Crippen molar-refractivity contribution in [2.45, 2.75) is 0 Å². The van der Waals surface area contributed by atoms with Crippen molar-refractivity contribution in [1.29, 1.82) is 10.5 Å². The van der Waals surface area contributed by atoms with Crippen molar-refractivity contribution < 1.29 is 4.39 Å². The standard InChI is InChI=1S/C13H7ClFN5/c14-10-7-19-20(8-10)13-2-1-11(15)3-12(13)18-6-9(4-16)5-17/h1-3,6-8,18H. The van der Waals surface area contributed by atoms with Crippen LogP contribution in [0.3, 0.4) is 0 Å². The zero-order valence-corrected chi connectivity index (χ0v) is 10.8. The van der Waals surface area contributed by atoms with E-state index in [1.807, 2.05) is 0 Å². The molecule has 1 N–H and O–H groups in total. The molecule has 0 aliphatic carbocycles. The van der Waals surface area contributed by atoms with Gasteiger partial charge in [-0.2, -0.15) is 15.6 Å². The smallest absolute Gasteiger partial charge is 0.145 e. The van der Waals surface area contributed by atoms with Gasteiger partial charge in [0, 0.05) is 12.4 Å². The van der Waals surface area contributed by atoms with E-state index in [0.29, 0.717) is 16.4 Å². The van der Waals surface area contributed by atoms with E-state index in [9.17, 15) is 4.39 Å². The molecule has 20 heavy (non-hydrogen) atoms. The highest BCUT2D eigenvalue weighted by Gasteiger charge is 2.07. The molecule has 0 spiro atoms. The summed E-state index contributed by atoms with van der Waals surface area (Å²) in [6.45, 7) is 0. The van der Waals surface area contributed by atoms with Gasteiger partial charge in [0.25, 0.3) is 0 Å². The van der Waals surface area contributed by atoms with Gasteiger partial charge in [0.15, 0.2) is 0 Å². The fraction of sp³-hybridized carbons (Fsp3) is 0. The van der Waals surface area contributed by atoms with Crippen LogP contribution in [0.25, 0.3) is 5.69 Å². The number of halogens is 2. The minimum Gasteiger partial charge on any atom is -0.358 e. The van der Waals surface area contributed by atoms with E-state index < -0.39 is 5.82 Å². The number of aromatic nitrogens is 2. The number of nitriles is 2. The third-order valence-corrected chi connectivity index (χ3v) is 2.56. The summed E-state index contributed by atoms with van der Waals surface area (Å²) in [7, 11) is 0. The van der Waals surface area contributed by atoms with Crippen molar-refractivity contribution in [2.24, 2.45) is 0 Å². The molecule has 0 amide bonds. The molecule has 0 saturated heterocycles. The molecule has 2 aromatic rings. The number of benzene rings is 1. The molecule has 0 unspecified atom stereocenters. The maximum Gasteiger partial charge on any atom is 0.145 e. The average molecular weight is 288 g/mol. The molecule has 0 fully saturated rings. The predicted octanol–water partition coefficient (Wildman–Crippen LogP) is 3.01. The van der Waals surface area contributed by atoms with Crippen LogP contribution in [0.1, 0.15) is 0 Å². The Labute approximate surface area is 119 Å². The molecule has 1 heterocycles. The molecule has 1 aromatic carbocycles. The van der Waals surface area contributed by atoms with Crippen molar-refractivity contribution in [2.75, 3.05) is 5.32 Å². The van der Waals surface area contributed by atoms with Crippen LogP contribution < -0.4 is 5.32 Å². The summed E-state index contributed by atoms with van der Waals surface area (Å²) >= 11 is 5.79. The van der Waals surface area contributed by atoms with Crippen molar-refractivity contribution in [3.8, 4) is 17.8 Å². The number of allylic oxidation sites excluding steroid dienone is 1. The number of nitrogens with zero attached hydrogens (tertiary/aromatic N) is 4. The Kier molecular flexibility index (Phi) is 3.99. The monoisotopic (exact) mass is 287 g/mol. The number of anilines is 1. The number of nitrogens with one attached hydrogen (secondary N) is 1. The molecular formula is C13H7ClFN5. The van der Waals surface area contributed by atoms with Crippen LogP contribution in [0.5, 0.6) is 0 Å². The summed E-state index contributed by atoms with van der Waals surface area (Å²) in [6, 6.07) is 7.41. The lowest BCUT2D eigenvalue weighted by Crippen LogP contribution is -2.01. The molecular weight excluding hydrogens is 281 g/mol. The normalized spacial score (nSPS) is 9.40. The first kappa shape index (κ1) is 13.6. The molecule has 0 bridgehead atoms. The molecule has 0 radical (unpaired) electrons. The summed E-state index contributed by atoms with van der Waals surface area (Å²) in [6.07, 6.45) is 4.20. The minimum atomic E-state index is -0.460. The highest BCUT2D eigenvalue weighted by Crippen LogP contribution is 2.22. The Balaban J connectivity index is 2.42. The van der Waals surface area contributed by atoms with Gasteiger partial charge in [-0.15, -0.1) is 0 Å². The first-order valence-electron chi connectivity index (χ1n) is 5.41. The van der Waals surface area contributed by atoms with Crippen molar-refractivity contribution in [1.82, 2.24) is 9.78 Å². The van der Waals surface area contributed by atoms with Crippen LogP contribution in [0.2, 0.25) is 5.02 Å². The lowest BCUT2D eigenvalue weighted by molar-refractivity contribution is 0.627. The van der Waals surface area contributed by atoms with E-state index in [-0.39, 0.29) is 5.57 Å². The van der Waals surface area contributed by atoms with Crippen LogP contribution in [0.4, 0.5) is 10.1 Å². The van der Waals surface area contributed by atoms with E-state index in [2.05, 4.69) is 10.4 Å². The van der Waals surface area contributed by atoms with Crippen molar-refractivity contribution in [3.63, 3.8) is 0 Å². The quantitative estimate of drug-likeness (QED) is 0.880. The lowest BCUT2D eigenvalue weighted by Gasteiger charge is -2.09. The average Bonchev–Trinajstić information content (AvgIpc) is 2.86. The SMILES string of the molecule is N#CC(C#N)=CNc1cc(F)ccc1-n1cc(Cl)cn1. The molecule has 0 saturated carbocycles. The fourth-order valence-corrected chi connectivity index (χ4v) is 1.63. The van der Waals surface area contributed by atoms with Crippen molar-refractivity contribution >= 4 is 17.3 Å². The number of rotatable bonds is 3. The maximum absolute atomic E-state index is 13.3. The van der Waals surface area contributed by atoms with Crippen molar-refractivity contribution in [3.05, 3.63) is 53.2 Å². The molecule has 0 aliphatic heterocycles. The fourth-order valence-electron chi connectivity index (χ4n) is 1.50. The predicted molar refractivity (Wildman–Crippen MR) is 71.5 cm³/mol. The van der Waals surface area contributed by atoms with Crippen LogP contribution in [-0.2, 0) is 0 Å². The molecule has 5 nitrogen and oxygen atoms in total. The third kappa shape index (κ3) is 2.94. The Bertz CT molecular complexity index is 735. The zero-order chi connectivity index (χ0) is 14.5. The topological polar surface area (TPSA) is 77.4 Å². The highest BCUT2D eigenvalue weighted by molar-refractivity contribution is 6.30. The summed E-state index contributed by atoms with van der Waals surface area (Å²) in [5.74, 6) is -0.460. The van der Waals surface area contributed by atoms with Gasteiger partial charge in [-0.25, -0.2) is 9.07 Å². The molecule has 98 valence electrons. The minimum absolute atomic E-state index is 0.126. The van der Waals surface area contributed by atoms with Gasteiger partial charge < -0.3 is 5.32 Å².